The number of hydrazone groups is 1. The molecule has 8 nitrogen and oxygen atoms in total. The maximum Gasteiger partial charge on any atom is 0.303 e. The largest absolute Gasteiger partial charge is 0.481 e. The number of aliphatic carboxylic acids is 1. The SMILES string of the molecule is O=C(O)CCC(=O)N1N=C(c2ccco2)CC1c1cn(-c2ccccc2)nc1-c1ccccc1. The van der Waals surface area contributed by atoms with Crippen molar-refractivity contribution in [1.82, 2.24) is 14.8 Å². The molecule has 1 unspecified atom stereocenters. The summed E-state index contributed by atoms with van der Waals surface area (Å²) in [6, 6.07) is 22.6. The van der Waals surface area contributed by atoms with Crippen LogP contribution in [0.1, 0.15) is 36.6 Å². The van der Waals surface area contributed by atoms with Crippen LogP contribution in [-0.2, 0) is 9.59 Å². The van der Waals surface area contributed by atoms with Gasteiger partial charge in [0.25, 0.3) is 0 Å². The summed E-state index contributed by atoms with van der Waals surface area (Å²) in [5, 5.41) is 19.9. The summed E-state index contributed by atoms with van der Waals surface area (Å²) in [6.07, 6.45) is 3.49. The number of furan rings is 1. The minimum atomic E-state index is -1.03. The monoisotopic (exact) mass is 454 g/mol. The lowest BCUT2D eigenvalue weighted by Crippen LogP contribution is -2.27. The summed E-state index contributed by atoms with van der Waals surface area (Å²) in [4.78, 5) is 24.2. The highest BCUT2D eigenvalue weighted by molar-refractivity contribution is 6.01. The van der Waals surface area contributed by atoms with Crippen molar-refractivity contribution in [3.05, 3.63) is 96.6 Å². The van der Waals surface area contributed by atoms with Gasteiger partial charge in [-0.2, -0.15) is 10.2 Å². The zero-order valence-corrected chi connectivity index (χ0v) is 18.2. The molecule has 8 heteroatoms. The molecule has 1 amide bonds. The number of para-hydroxylation sites is 1. The molecule has 5 rings (SSSR count). The summed E-state index contributed by atoms with van der Waals surface area (Å²) in [7, 11) is 0. The molecule has 34 heavy (non-hydrogen) atoms. The van der Waals surface area contributed by atoms with Gasteiger partial charge in [-0.15, -0.1) is 0 Å². The van der Waals surface area contributed by atoms with Crippen molar-refractivity contribution in [3.63, 3.8) is 0 Å². The summed E-state index contributed by atoms with van der Waals surface area (Å²) < 4.78 is 7.33. The Morgan fingerprint density at radius 3 is 2.38 bits per heavy atom. The molecule has 4 aromatic rings. The van der Waals surface area contributed by atoms with Gasteiger partial charge in [0.2, 0.25) is 5.91 Å². The average molecular weight is 454 g/mol. The Labute approximate surface area is 195 Å². The van der Waals surface area contributed by atoms with Gasteiger partial charge in [-0.3, -0.25) is 9.59 Å². The van der Waals surface area contributed by atoms with Crippen molar-refractivity contribution < 1.29 is 19.1 Å². The number of carbonyl (C=O) groups excluding carboxylic acids is 1. The fourth-order valence-electron chi connectivity index (χ4n) is 4.07. The van der Waals surface area contributed by atoms with Crippen LogP contribution in [0.3, 0.4) is 0 Å². The smallest absolute Gasteiger partial charge is 0.303 e. The molecule has 0 aliphatic carbocycles. The van der Waals surface area contributed by atoms with E-state index in [4.69, 9.17) is 14.6 Å². The Kier molecular flexibility index (Phi) is 5.78. The fraction of sp³-hybridized carbons (Fsp3) is 0.154. The second kappa shape index (κ2) is 9.19. The minimum absolute atomic E-state index is 0.145. The number of benzene rings is 2. The lowest BCUT2D eigenvalue weighted by Gasteiger charge is -2.21. The Hall–Kier alpha value is -4.46. The lowest BCUT2D eigenvalue weighted by atomic mass is 9.98. The maximum atomic E-state index is 13.1. The van der Waals surface area contributed by atoms with Crippen molar-refractivity contribution in [2.24, 2.45) is 5.10 Å². The van der Waals surface area contributed by atoms with Crippen molar-refractivity contribution in [3.8, 4) is 16.9 Å². The average Bonchev–Trinajstić information content (AvgIpc) is 3.62. The van der Waals surface area contributed by atoms with E-state index in [0.29, 0.717) is 17.9 Å². The molecule has 0 radical (unpaired) electrons. The van der Waals surface area contributed by atoms with Gasteiger partial charge in [0.1, 0.15) is 11.5 Å². The highest BCUT2D eigenvalue weighted by Gasteiger charge is 2.36. The summed E-state index contributed by atoms with van der Waals surface area (Å²) in [6.45, 7) is 0. The van der Waals surface area contributed by atoms with Crippen LogP contribution >= 0.6 is 0 Å². The van der Waals surface area contributed by atoms with E-state index < -0.39 is 12.0 Å². The molecule has 0 saturated heterocycles. The van der Waals surface area contributed by atoms with Gasteiger partial charge in [0.15, 0.2) is 0 Å². The molecule has 0 fully saturated rings. The van der Waals surface area contributed by atoms with E-state index >= 15 is 0 Å². The number of nitrogens with zero attached hydrogens (tertiary/aromatic N) is 4. The third-order valence-electron chi connectivity index (χ3n) is 5.69. The van der Waals surface area contributed by atoms with Crippen LogP contribution in [-0.4, -0.2) is 37.5 Å². The first-order valence-corrected chi connectivity index (χ1v) is 11.0. The molecule has 1 aliphatic heterocycles. The quantitative estimate of drug-likeness (QED) is 0.437. The summed E-state index contributed by atoms with van der Waals surface area (Å²) >= 11 is 0. The second-order valence-electron chi connectivity index (χ2n) is 7.96. The van der Waals surface area contributed by atoms with Crippen LogP contribution in [0.15, 0.2) is 94.8 Å². The standard InChI is InChI=1S/C26H22N4O4/c31-24(13-14-25(32)33)30-22(16-21(27-30)23-12-7-15-34-23)20-17-29(19-10-5-2-6-11-19)28-26(20)18-8-3-1-4-9-18/h1-12,15,17,22H,13-14,16H2,(H,32,33). The van der Waals surface area contributed by atoms with Crippen molar-refractivity contribution in [1.29, 1.82) is 0 Å². The first-order chi connectivity index (χ1) is 16.6. The summed E-state index contributed by atoms with van der Waals surface area (Å²) in [5.41, 5.74) is 3.99. The number of rotatable bonds is 7. The highest BCUT2D eigenvalue weighted by atomic mass is 16.4. The predicted octanol–water partition coefficient (Wildman–Crippen LogP) is 4.67. The van der Waals surface area contributed by atoms with E-state index in [9.17, 15) is 9.59 Å². The fourth-order valence-corrected chi connectivity index (χ4v) is 4.07. The van der Waals surface area contributed by atoms with Crippen molar-refractivity contribution in [2.75, 3.05) is 0 Å². The van der Waals surface area contributed by atoms with E-state index in [-0.39, 0.29) is 18.7 Å². The molecule has 1 N–H and O–H groups in total. The molecule has 0 bridgehead atoms. The van der Waals surface area contributed by atoms with E-state index in [1.165, 1.54) is 5.01 Å². The van der Waals surface area contributed by atoms with E-state index in [1.807, 2.05) is 66.9 Å². The van der Waals surface area contributed by atoms with Gasteiger partial charge in [-0.25, -0.2) is 9.69 Å². The van der Waals surface area contributed by atoms with Crippen LogP contribution in [0.25, 0.3) is 16.9 Å². The van der Waals surface area contributed by atoms with Gasteiger partial charge in [0.05, 0.1) is 30.1 Å². The first kappa shape index (κ1) is 21.4. The molecule has 0 saturated carbocycles. The molecular formula is C26H22N4O4. The molecule has 1 atom stereocenters. The van der Waals surface area contributed by atoms with E-state index in [2.05, 4.69) is 5.10 Å². The van der Waals surface area contributed by atoms with Gasteiger partial charge in [-0.1, -0.05) is 48.5 Å². The number of hydrogen-bond acceptors (Lipinski definition) is 5. The maximum absolute atomic E-state index is 13.1. The van der Waals surface area contributed by atoms with Crippen LogP contribution < -0.4 is 0 Å². The molecule has 170 valence electrons. The van der Waals surface area contributed by atoms with E-state index in [1.54, 1.807) is 23.1 Å². The zero-order valence-electron chi connectivity index (χ0n) is 18.2. The van der Waals surface area contributed by atoms with Crippen LogP contribution in [0.4, 0.5) is 0 Å². The number of amides is 1. The van der Waals surface area contributed by atoms with Gasteiger partial charge in [0, 0.05) is 30.2 Å². The van der Waals surface area contributed by atoms with Crippen LogP contribution in [0, 0.1) is 0 Å². The zero-order chi connectivity index (χ0) is 23.5. The Morgan fingerprint density at radius 2 is 1.71 bits per heavy atom. The summed E-state index contributed by atoms with van der Waals surface area (Å²) in [5.74, 6) is -0.808. The normalized spacial score (nSPS) is 15.4. The number of carbonyl (C=O) groups is 2. The number of carboxylic acids is 1. The van der Waals surface area contributed by atoms with Crippen molar-refractivity contribution >= 4 is 17.6 Å². The van der Waals surface area contributed by atoms with Gasteiger partial charge >= 0.3 is 5.97 Å². The Morgan fingerprint density at radius 1 is 0.971 bits per heavy atom. The van der Waals surface area contributed by atoms with E-state index in [0.717, 1.165) is 22.5 Å². The molecule has 0 spiro atoms. The van der Waals surface area contributed by atoms with Gasteiger partial charge < -0.3 is 9.52 Å². The molecule has 2 aromatic heterocycles. The van der Waals surface area contributed by atoms with Gasteiger partial charge in [-0.05, 0) is 24.3 Å². The third kappa shape index (κ3) is 4.25. The first-order valence-electron chi connectivity index (χ1n) is 11.0. The molecule has 2 aromatic carbocycles. The second-order valence-corrected chi connectivity index (χ2v) is 7.96. The number of hydrogen-bond donors (Lipinski definition) is 1. The molecular weight excluding hydrogens is 432 g/mol. The lowest BCUT2D eigenvalue weighted by molar-refractivity contribution is -0.141. The van der Waals surface area contributed by atoms with Crippen molar-refractivity contribution in [2.45, 2.75) is 25.3 Å². The minimum Gasteiger partial charge on any atom is -0.481 e. The number of aromatic nitrogens is 2. The predicted molar refractivity (Wildman–Crippen MR) is 125 cm³/mol. The topological polar surface area (TPSA) is 101 Å². The van der Waals surface area contributed by atoms with Crippen LogP contribution in [0.2, 0.25) is 0 Å². The molecule has 3 heterocycles. The highest BCUT2D eigenvalue weighted by Crippen LogP contribution is 2.38. The van der Waals surface area contributed by atoms with Crippen LogP contribution in [0.5, 0.6) is 0 Å². The third-order valence-corrected chi connectivity index (χ3v) is 5.69. The number of carboxylic acid groups (broad SMARTS) is 1. The Bertz CT molecular complexity index is 1330. The molecule has 1 aliphatic rings. The Balaban J connectivity index is 1.59.